The second-order valence-corrected chi connectivity index (χ2v) is 10.5. The highest BCUT2D eigenvalue weighted by Gasteiger charge is 2.26. The van der Waals surface area contributed by atoms with E-state index >= 15 is 0 Å². The molecule has 0 fully saturated rings. The van der Waals surface area contributed by atoms with Crippen LogP contribution in [0.15, 0.2) is 108 Å². The van der Waals surface area contributed by atoms with E-state index in [0.29, 0.717) is 0 Å². The summed E-state index contributed by atoms with van der Waals surface area (Å²) in [5, 5.41) is 7.70. The number of aliphatic imine (C=N–C) groups is 1. The van der Waals surface area contributed by atoms with E-state index in [2.05, 4.69) is 122 Å². The van der Waals surface area contributed by atoms with Gasteiger partial charge in [-0.2, -0.15) is 0 Å². The van der Waals surface area contributed by atoms with Gasteiger partial charge in [-0.25, -0.2) is 0 Å². The van der Waals surface area contributed by atoms with Gasteiger partial charge in [0.05, 0.1) is 6.04 Å². The first-order chi connectivity index (χ1) is 15.7. The molecule has 2 nitrogen and oxygen atoms in total. The minimum Gasteiger partial charge on any atom is -0.367 e. The summed E-state index contributed by atoms with van der Waals surface area (Å²) >= 11 is 0. The molecule has 158 valence electrons. The Balaban J connectivity index is 1.58. The van der Waals surface area contributed by atoms with Gasteiger partial charge in [0.15, 0.2) is 0 Å². The Hall–Kier alpha value is -3.22. The fourth-order valence-corrected chi connectivity index (χ4v) is 6.97. The summed E-state index contributed by atoms with van der Waals surface area (Å²) in [6, 6.07) is 37.4. The average Bonchev–Trinajstić information content (AvgIpc) is 3.31. The van der Waals surface area contributed by atoms with Crippen molar-refractivity contribution in [2.24, 2.45) is 4.99 Å². The lowest BCUT2D eigenvalue weighted by Crippen LogP contribution is -2.25. The standard InChI is InChI=1S/C29H27N2P/c1-21-17-22(2)19-23(18-21)29-30-20-27(31-29)26-15-9-10-16-28(26)32(24-11-5-3-6-12-24)25-13-7-4-8-14-25/h3-19,27H,20H2,1-2H3,(H,30,31)/t27-/m1/s1. The predicted molar refractivity (Wildman–Crippen MR) is 138 cm³/mol. The molecule has 0 aliphatic carbocycles. The monoisotopic (exact) mass is 434 g/mol. The van der Waals surface area contributed by atoms with Crippen molar-refractivity contribution in [3.05, 3.63) is 125 Å². The van der Waals surface area contributed by atoms with Gasteiger partial charge in [0, 0.05) is 12.1 Å². The molecule has 4 aromatic carbocycles. The zero-order valence-electron chi connectivity index (χ0n) is 18.5. The lowest BCUT2D eigenvalue weighted by Gasteiger charge is -2.23. The van der Waals surface area contributed by atoms with E-state index in [1.165, 1.54) is 38.2 Å². The molecule has 3 heteroatoms. The van der Waals surface area contributed by atoms with Gasteiger partial charge in [-0.05, 0) is 55.4 Å². The van der Waals surface area contributed by atoms with Gasteiger partial charge < -0.3 is 5.32 Å². The molecule has 0 radical (unpaired) electrons. The van der Waals surface area contributed by atoms with E-state index in [-0.39, 0.29) is 6.04 Å². The molecule has 0 bridgehead atoms. The molecule has 1 N–H and O–H groups in total. The number of amidine groups is 1. The Bertz CT molecular complexity index is 1190. The molecule has 0 unspecified atom stereocenters. The summed E-state index contributed by atoms with van der Waals surface area (Å²) in [5.74, 6) is 1.00. The highest BCUT2D eigenvalue weighted by Crippen LogP contribution is 2.36. The van der Waals surface area contributed by atoms with Crippen LogP contribution >= 0.6 is 7.92 Å². The molecule has 0 saturated heterocycles. The Labute approximate surface area is 191 Å². The van der Waals surface area contributed by atoms with Crippen molar-refractivity contribution in [3.63, 3.8) is 0 Å². The fourth-order valence-electron chi connectivity index (χ4n) is 4.46. The van der Waals surface area contributed by atoms with E-state index < -0.39 is 7.92 Å². The van der Waals surface area contributed by atoms with Crippen molar-refractivity contribution in [2.45, 2.75) is 19.9 Å². The summed E-state index contributed by atoms with van der Waals surface area (Å²) in [5.41, 5.74) is 5.03. The van der Waals surface area contributed by atoms with Crippen LogP contribution in [0.1, 0.15) is 28.3 Å². The van der Waals surface area contributed by atoms with Gasteiger partial charge in [-0.15, -0.1) is 0 Å². The van der Waals surface area contributed by atoms with Crippen molar-refractivity contribution in [1.82, 2.24) is 5.32 Å². The van der Waals surface area contributed by atoms with Crippen molar-refractivity contribution in [3.8, 4) is 0 Å². The van der Waals surface area contributed by atoms with Crippen molar-refractivity contribution in [1.29, 1.82) is 0 Å². The Morgan fingerprint density at radius 2 is 1.28 bits per heavy atom. The molecule has 0 aromatic heterocycles. The minimum absolute atomic E-state index is 0.111. The molecule has 4 aromatic rings. The van der Waals surface area contributed by atoms with Crippen molar-refractivity contribution in [2.75, 3.05) is 6.54 Å². The number of hydrogen-bond donors (Lipinski definition) is 1. The van der Waals surface area contributed by atoms with Crippen LogP contribution in [0, 0.1) is 13.8 Å². The van der Waals surface area contributed by atoms with Crippen LogP contribution in [0.2, 0.25) is 0 Å². The summed E-state index contributed by atoms with van der Waals surface area (Å²) < 4.78 is 0. The fraction of sp³-hybridized carbons (Fsp3) is 0.138. The molecule has 1 aliphatic rings. The predicted octanol–water partition coefficient (Wildman–Crippen LogP) is 5.15. The molecule has 0 spiro atoms. The van der Waals surface area contributed by atoms with E-state index in [4.69, 9.17) is 4.99 Å². The SMILES string of the molecule is Cc1cc(C)cc(C2=N[C@@H](c3ccccc3P(c3ccccc3)c3ccccc3)CN2)c1. The topological polar surface area (TPSA) is 24.4 Å². The summed E-state index contributed by atoms with van der Waals surface area (Å²) in [6.07, 6.45) is 0. The zero-order chi connectivity index (χ0) is 21.9. The van der Waals surface area contributed by atoms with Crippen LogP contribution in [0.4, 0.5) is 0 Å². The normalized spacial score (nSPS) is 15.5. The Kier molecular flexibility index (Phi) is 5.88. The molecule has 0 saturated carbocycles. The van der Waals surface area contributed by atoms with Gasteiger partial charge >= 0.3 is 0 Å². The third kappa shape index (κ3) is 4.24. The molecule has 5 rings (SSSR count). The second-order valence-electron chi connectivity index (χ2n) is 8.32. The maximum absolute atomic E-state index is 5.16. The van der Waals surface area contributed by atoms with Crippen molar-refractivity contribution < 1.29 is 0 Å². The third-order valence-corrected chi connectivity index (χ3v) is 8.33. The summed E-state index contributed by atoms with van der Waals surface area (Å²) in [6.45, 7) is 5.11. The Morgan fingerprint density at radius 3 is 1.91 bits per heavy atom. The number of rotatable bonds is 5. The van der Waals surface area contributed by atoms with Gasteiger partial charge in [-0.1, -0.05) is 102 Å². The van der Waals surface area contributed by atoms with Crippen LogP contribution in [0.25, 0.3) is 0 Å². The first-order valence-electron chi connectivity index (χ1n) is 11.1. The minimum atomic E-state index is -0.659. The van der Waals surface area contributed by atoms with E-state index in [9.17, 15) is 0 Å². The number of benzene rings is 4. The molecular weight excluding hydrogens is 407 g/mol. The molecular formula is C29H27N2P. The van der Waals surface area contributed by atoms with Crippen LogP contribution in [0.3, 0.4) is 0 Å². The number of hydrogen-bond acceptors (Lipinski definition) is 2. The van der Waals surface area contributed by atoms with Gasteiger partial charge in [0.2, 0.25) is 0 Å². The maximum atomic E-state index is 5.16. The molecule has 1 atom stereocenters. The van der Waals surface area contributed by atoms with E-state index in [1.54, 1.807) is 0 Å². The Morgan fingerprint density at radius 1 is 0.719 bits per heavy atom. The molecule has 0 amide bonds. The molecule has 1 heterocycles. The molecule has 1 aliphatic heterocycles. The van der Waals surface area contributed by atoms with Crippen LogP contribution in [-0.2, 0) is 0 Å². The summed E-state index contributed by atoms with van der Waals surface area (Å²) in [4.78, 5) is 5.16. The second kappa shape index (κ2) is 9.10. The van der Waals surface area contributed by atoms with Crippen LogP contribution < -0.4 is 21.2 Å². The number of aryl methyl sites for hydroxylation is 2. The van der Waals surface area contributed by atoms with Gasteiger partial charge in [0.1, 0.15) is 5.84 Å². The maximum Gasteiger partial charge on any atom is 0.129 e. The first-order valence-corrected chi connectivity index (χ1v) is 12.4. The lowest BCUT2D eigenvalue weighted by atomic mass is 10.1. The number of nitrogens with zero attached hydrogens (tertiary/aromatic N) is 1. The van der Waals surface area contributed by atoms with E-state index in [0.717, 1.165) is 12.4 Å². The highest BCUT2D eigenvalue weighted by molar-refractivity contribution is 7.79. The largest absolute Gasteiger partial charge is 0.367 e. The summed E-state index contributed by atoms with van der Waals surface area (Å²) in [7, 11) is -0.659. The van der Waals surface area contributed by atoms with Gasteiger partial charge in [-0.3, -0.25) is 4.99 Å². The lowest BCUT2D eigenvalue weighted by molar-refractivity contribution is 0.756. The smallest absolute Gasteiger partial charge is 0.129 e. The molecule has 32 heavy (non-hydrogen) atoms. The van der Waals surface area contributed by atoms with Crippen LogP contribution in [0.5, 0.6) is 0 Å². The zero-order valence-corrected chi connectivity index (χ0v) is 19.4. The van der Waals surface area contributed by atoms with Gasteiger partial charge in [0.25, 0.3) is 0 Å². The first kappa shape index (κ1) is 20.7. The number of nitrogens with one attached hydrogen (secondary N) is 1. The third-order valence-electron chi connectivity index (χ3n) is 5.81. The van der Waals surface area contributed by atoms with Crippen LogP contribution in [-0.4, -0.2) is 12.4 Å². The quantitative estimate of drug-likeness (QED) is 0.432. The van der Waals surface area contributed by atoms with E-state index in [1.807, 2.05) is 0 Å². The average molecular weight is 435 g/mol. The highest BCUT2D eigenvalue weighted by atomic mass is 31.1. The van der Waals surface area contributed by atoms with Crippen molar-refractivity contribution >= 4 is 29.7 Å².